The molecule has 2 rings (SSSR count). The van der Waals surface area contributed by atoms with Crippen LogP contribution >= 0.6 is 0 Å². The summed E-state index contributed by atoms with van der Waals surface area (Å²) in [6.07, 6.45) is 0. The number of rotatable bonds is 0. The van der Waals surface area contributed by atoms with Crippen molar-refractivity contribution in [1.82, 2.24) is 4.90 Å². The van der Waals surface area contributed by atoms with E-state index in [9.17, 15) is 0 Å². The lowest BCUT2D eigenvalue weighted by Gasteiger charge is -2.13. The molecule has 1 aliphatic rings. The average Bonchev–Trinajstić information content (AvgIpc) is 2.30. The maximum Gasteiger partial charge on any atom is 0.0323 e. The summed E-state index contributed by atoms with van der Waals surface area (Å²) in [4.78, 5) is 2.37. The van der Waals surface area contributed by atoms with Crippen LogP contribution in [-0.2, 0) is 6.54 Å². The SMILES string of the molecule is CC1c2ccccc2CN1C. The average molecular weight is 147 g/mol. The Morgan fingerprint density at radius 2 is 2.09 bits per heavy atom. The molecule has 0 N–H and O–H groups in total. The molecule has 1 heterocycles. The summed E-state index contributed by atoms with van der Waals surface area (Å²) in [6.45, 7) is 3.36. The van der Waals surface area contributed by atoms with E-state index in [0.29, 0.717) is 6.04 Å². The predicted molar refractivity (Wildman–Crippen MR) is 46.3 cm³/mol. The fourth-order valence-corrected chi connectivity index (χ4v) is 1.73. The largest absolute Gasteiger partial charge is 0.295 e. The molecule has 58 valence electrons. The quantitative estimate of drug-likeness (QED) is 0.543. The minimum absolute atomic E-state index is 0.603. The first kappa shape index (κ1) is 6.86. The Morgan fingerprint density at radius 1 is 1.36 bits per heavy atom. The molecule has 1 aliphatic heterocycles. The van der Waals surface area contributed by atoms with Crippen LogP contribution in [0.3, 0.4) is 0 Å². The molecular weight excluding hydrogens is 134 g/mol. The molecule has 0 saturated carbocycles. The molecule has 0 amide bonds. The van der Waals surface area contributed by atoms with Crippen LogP contribution in [0.15, 0.2) is 24.3 Å². The van der Waals surface area contributed by atoms with Crippen LogP contribution in [0.2, 0.25) is 0 Å². The minimum Gasteiger partial charge on any atom is -0.295 e. The molecule has 0 radical (unpaired) electrons. The number of fused-ring (bicyclic) bond motifs is 1. The van der Waals surface area contributed by atoms with Crippen molar-refractivity contribution < 1.29 is 0 Å². The van der Waals surface area contributed by atoms with Gasteiger partial charge in [-0.1, -0.05) is 24.3 Å². The van der Waals surface area contributed by atoms with E-state index in [4.69, 9.17) is 0 Å². The van der Waals surface area contributed by atoms with Crippen molar-refractivity contribution in [2.75, 3.05) is 7.05 Å². The van der Waals surface area contributed by atoms with Crippen LogP contribution in [0.5, 0.6) is 0 Å². The molecule has 0 aliphatic carbocycles. The van der Waals surface area contributed by atoms with Gasteiger partial charge in [-0.15, -0.1) is 0 Å². The number of nitrogens with zero attached hydrogens (tertiary/aromatic N) is 1. The van der Waals surface area contributed by atoms with Crippen LogP contribution in [0.25, 0.3) is 0 Å². The first-order valence-corrected chi connectivity index (χ1v) is 4.07. The van der Waals surface area contributed by atoms with E-state index in [1.165, 1.54) is 11.1 Å². The van der Waals surface area contributed by atoms with Crippen molar-refractivity contribution in [2.24, 2.45) is 0 Å². The minimum atomic E-state index is 0.603. The molecule has 1 unspecified atom stereocenters. The normalized spacial score (nSPS) is 23.6. The van der Waals surface area contributed by atoms with Gasteiger partial charge in [0.25, 0.3) is 0 Å². The van der Waals surface area contributed by atoms with Crippen LogP contribution in [0, 0.1) is 0 Å². The number of benzene rings is 1. The van der Waals surface area contributed by atoms with E-state index in [1.807, 2.05) is 0 Å². The first-order valence-electron chi connectivity index (χ1n) is 4.07. The van der Waals surface area contributed by atoms with Gasteiger partial charge in [-0.2, -0.15) is 0 Å². The zero-order valence-electron chi connectivity index (χ0n) is 7.04. The van der Waals surface area contributed by atoms with Crippen molar-refractivity contribution in [3.05, 3.63) is 35.4 Å². The van der Waals surface area contributed by atoms with Crippen molar-refractivity contribution in [3.8, 4) is 0 Å². The molecule has 1 nitrogen and oxygen atoms in total. The van der Waals surface area contributed by atoms with Crippen LogP contribution in [0.4, 0.5) is 0 Å². The maximum atomic E-state index is 2.37. The van der Waals surface area contributed by atoms with Gasteiger partial charge in [0.1, 0.15) is 0 Å². The third-order valence-corrected chi connectivity index (χ3v) is 2.59. The Kier molecular flexibility index (Phi) is 1.46. The van der Waals surface area contributed by atoms with Gasteiger partial charge < -0.3 is 0 Å². The highest BCUT2D eigenvalue weighted by Gasteiger charge is 2.21. The fraction of sp³-hybridized carbons (Fsp3) is 0.400. The highest BCUT2D eigenvalue weighted by molar-refractivity contribution is 5.33. The van der Waals surface area contributed by atoms with E-state index in [0.717, 1.165) is 6.54 Å². The molecule has 0 bridgehead atoms. The summed E-state index contributed by atoms with van der Waals surface area (Å²) in [5, 5.41) is 0. The van der Waals surface area contributed by atoms with E-state index >= 15 is 0 Å². The predicted octanol–water partition coefficient (Wildman–Crippen LogP) is 2.19. The van der Waals surface area contributed by atoms with Gasteiger partial charge in [0, 0.05) is 12.6 Å². The Labute approximate surface area is 67.6 Å². The Morgan fingerprint density at radius 3 is 2.82 bits per heavy atom. The fourth-order valence-electron chi connectivity index (χ4n) is 1.73. The molecule has 1 heteroatoms. The molecule has 0 aromatic heterocycles. The highest BCUT2D eigenvalue weighted by atomic mass is 15.1. The van der Waals surface area contributed by atoms with E-state index < -0.39 is 0 Å². The van der Waals surface area contributed by atoms with E-state index in [2.05, 4.69) is 43.1 Å². The van der Waals surface area contributed by atoms with Crippen molar-refractivity contribution in [1.29, 1.82) is 0 Å². The van der Waals surface area contributed by atoms with E-state index in [-0.39, 0.29) is 0 Å². The maximum absolute atomic E-state index is 2.37. The van der Waals surface area contributed by atoms with Crippen LogP contribution < -0.4 is 0 Å². The standard InChI is InChI=1S/C10H13N/c1-8-10-6-4-3-5-9(10)7-11(8)2/h3-6,8H,7H2,1-2H3. The van der Waals surface area contributed by atoms with Crippen molar-refractivity contribution in [2.45, 2.75) is 19.5 Å². The number of hydrogen-bond donors (Lipinski definition) is 0. The lowest BCUT2D eigenvalue weighted by atomic mass is 10.1. The molecule has 1 aromatic rings. The molecular formula is C10H13N. The van der Waals surface area contributed by atoms with Crippen molar-refractivity contribution in [3.63, 3.8) is 0 Å². The van der Waals surface area contributed by atoms with Crippen LogP contribution in [0.1, 0.15) is 24.1 Å². The van der Waals surface area contributed by atoms with Crippen molar-refractivity contribution >= 4 is 0 Å². The zero-order chi connectivity index (χ0) is 7.84. The summed E-state index contributed by atoms with van der Waals surface area (Å²) in [6, 6.07) is 9.28. The third-order valence-electron chi connectivity index (χ3n) is 2.59. The zero-order valence-corrected chi connectivity index (χ0v) is 7.04. The lowest BCUT2D eigenvalue weighted by molar-refractivity contribution is 0.286. The molecule has 11 heavy (non-hydrogen) atoms. The van der Waals surface area contributed by atoms with Gasteiger partial charge in [-0.25, -0.2) is 0 Å². The van der Waals surface area contributed by atoms with E-state index in [1.54, 1.807) is 0 Å². The van der Waals surface area contributed by atoms with Gasteiger partial charge in [-0.3, -0.25) is 4.90 Å². The smallest absolute Gasteiger partial charge is 0.0323 e. The van der Waals surface area contributed by atoms with Gasteiger partial charge in [0.05, 0.1) is 0 Å². The van der Waals surface area contributed by atoms with Crippen LogP contribution in [-0.4, -0.2) is 11.9 Å². The summed E-state index contributed by atoms with van der Waals surface area (Å²) >= 11 is 0. The summed E-state index contributed by atoms with van der Waals surface area (Å²) in [5.41, 5.74) is 2.98. The first-order chi connectivity index (χ1) is 5.29. The molecule has 1 aromatic carbocycles. The summed E-state index contributed by atoms with van der Waals surface area (Å²) < 4.78 is 0. The molecule has 0 saturated heterocycles. The summed E-state index contributed by atoms with van der Waals surface area (Å²) in [7, 11) is 2.17. The summed E-state index contributed by atoms with van der Waals surface area (Å²) in [5.74, 6) is 0. The van der Waals surface area contributed by atoms with Gasteiger partial charge in [-0.05, 0) is 25.1 Å². The lowest BCUT2D eigenvalue weighted by Crippen LogP contribution is -2.12. The highest BCUT2D eigenvalue weighted by Crippen LogP contribution is 2.30. The topological polar surface area (TPSA) is 3.24 Å². The second-order valence-electron chi connectivity index (χ2n) is 3.29. The van der Waals surface area contributed by atoms with Gasteiger partial charge in [0.15, 0.2) is 0 Å². The second-order valence-corrected chi connectivity index (χ2v) is 3.29. The Balaban J connectivity index is 2.47. The monoisotopic (exact) mass is 147 g/mol. The van der Waals surface area contributed by atoms with Gasteiger partial charge >= 0.3 is 0 Å². The number of hydrogen-bond acceptors (Lipinski definition) is 1. The molecule has 0 fully saturated rings. The Hall–Kier alpha value is -0.820. The molecule has 1 atom stereocenters. The third kappa shape index (κ3) is 0.962. The van der Waals surface area contributed by atoms with Gasteiger partial charge in [0.2, 0.25) is 0 Å². The second kappa shape index (κ2) is 2.35. The molecule has 0 spiro atoms. The Bertz CT molecular complexity index is 267.